The lowest BCUT2D eigenvalue weighted by Crippen LogP contribution is -2.40. The largest absolute Gasteiger partial charge is 0.490 e. The quantitative estimate of drug-likeness (QED) is 0.463. The number of hydrogen-bond donors (Lipinski definition) is 3. The summed E-state index contributed by atoms with van der Waals surface area (Å²) in [5.74, 6) is -2.76. The lowest BCUT2D eigenvalue weighted by Gasteiger charge is -2.26. The predicted octanol–water partition coefficient (Wildman–Crippen LogP) is 3.64. The number of aromatic amines is 1. The molecule has 0 atom stereocenters. The number of carbonyl (C=O) groups is 3. The Morgan fingerprint density at radius 3 is 2.51 bits per heavy atom. The lowest BCUT2D eigenvalue weighted by molar-refractivity contribution is -0.192. The third kappa shape index (κ3) is 7.11. The van der Waals surface area contributed by atoms with Gasteiger partial charge in [-0.15, -0.1) is 0 Å². The number of carbonyl (C=O) groups excluding carboxylic acids is 2. The topological polar surface area (TPSA) is 125 Å². The first-order valence-electron chi connectivity index (χ1n) is 12.0. The fourth-order valence-electron chi connectivity index (χ4n) is 4.06. The van der Waals surface area contributed by atoms with Crippen molar-refractivity contribution >= 4 is 29.9 Å². The van der Waals surface area contributed by atoms with Gasteiger partial charge in [0.05, 0.1) is 24.5 Å². The summed E-state index contributed by atoms with van der Waals surface area (Å²) >= 11 is 0. The first kappa shape index (κ1) is 27.6. The van der Waals surface area contributed by atoms with Gasteiger partial charge < -0.3 is 25.0 Å². The molecule has 2 aliphatic heterocycles. The molecule has 1 saturated heterocycles. The zero-order valence-corrected chi connectivity index (χ0v) is 20.6. The third-order valence-corrected chi connectivity index (χ3v) is 6.02. The monoisotopic (exact) mass is 542 g/mol. The van der Waals surface area contributed by atoms with Crippen molar-refractivity contribution in [3.8, 4) is 11.3 Å². The maximum atomic E-state index is 12.7. The molecule has 0 spiro atoms. The van der Waals surface area contributed by atoms with Crippen LogP contribution in [0.4, 0.5) is 13.2 Å². The summed E-state index contributed by atoms with van der Waals surface area (Å²) in [6.45, 7) is 3.08. The van der Waals surface area contributed by atoms with Crippen LogP contribution in [0, 0.1) is 0 Å². The number of benzene rings is 1. The van der Waals surface area contributed by atoms with Crippen LogP contribution in [-0.4, -0.2) is 76.8 Å². The summed E-state index contributed by atoms with van der Waals surface area (Å²) in [5.41, 5.74) is 5.96. The number of amides is 2. The van der Waals surface area contributed by atoms with Crippen molar-refractivity contribution in [3.05, 3.63) is 76.7 Å². The normalized spacial score (nSPS) is 15.3. The van der Waals surface area contributed by atoms with Crippen molar-refractivity contribution in [3.63, 3.8) is 0 Å². The molecule has 0 unspecified atom stereocenters. The fourth-order valence-corrected chi connectivity index (χ4v) is 4.06. The molecule has 2 aromatic heterocycles. The van der Waals surface area contributed by atoms with Crippen molar-refractivity contribution in [2.45, 2.75) is 12.6 Å². The molecule has 1 aromatic carbocycles. The number of ether oxygens (including phenoxy) is 1. The van der Waals surface area contributed by atoms with E-state index in [1.807, 2.05) is 59.5 Å². The Bertz CT molecular complexity index is 1390. The van der Waals surface area contributed by atoms with E-state index < -0.39 is 12.1 Å². The van der Waals surface area contributed by atoms with Gasteiger partial charge in [0.15, 0.2) is 0 Å². The van der Waals surface area contributed by atoms with Gasteiger partial charge in [-0.3, -0.25) is 14.6 Å². The summed E-state index contributed by atoms with van der Waals surface area (Å²) < 4.78 is 37.1. The second-order valence-electron chi connectivity index (χ2n) is 8.72. The van der Waals surface area contributed by atoms with Crippen molar-refractivity contribution in [2.24, 2.45) is 0 Å². The van der Waals surface area contributed by atoms with Crippen LogP contribution < -0.4 is 5.32 Å². The molecule has 3 N–H and O–H groups in total. The minimum Gasteiger partial charge on any atom is -0.475 e. The molecule has 204 valence electrons. The maximum absolute atomic E-state index is 12.7. The second kappa shape index (κ2) is 11.9. The summed E-state index contributed by atoms with van der Waals surface area (Å²) in [5, 5.41) is 10.00. The van der Waals surface area contributed by atoms with Gasteiger partial charge in [0, 0.05) is 54.8 Å². The Labute approximate surface area is 221 Å². The number of nitrogens with zero attached hydrogens (tertiary/aromatic N) is 2. The van der Waals surface area contributed by atoms with Crippen LogP contribution >= 0.6 is 0 Å². The van der Waals surface area contributed by atoms with Crippen molar-refractivity contribution in [2.75, 3.05) is 32.8 Å². The molecular weight excluding hydrogens is 517 g/mol. The zero-order valence-electron chi connectivity index (χ0n) is 20.6. The van der Waals surface area contributed by atoms with E-state index in [-0.39, 0.29) is 11.8 Å². The Hall–Kier alpha value is -4.45. The van der Waals surface area contributed by atoms with E-state index in [4.69, 9.17) is 14.6 Å². The number of hydrogen-bond acceptors (Lipinski definition) is 5. The average Bonchev–Trinajstić information content (AvgIpc) is 3.38. The van der Waals surface area contributed by atoms with E-state index in [0.29, 0.717) is 44.0 Å². The Balaban J connectivity index is 0.000000448. The summed E-state index contributed by atoms with van der Waals surface area (Å²) in [7, 11) is 0. The number of aromatic nitrogens is 2. The van der Waals surface area contributed by atoms with Crippen molar-refractivity contribution < 1.29 is 37.4 Å². The summed E-state index contributed by atoms with van der Waals surface area (Å²) in [6, 6.07) is 13.4. The number of fused-ring (bicyclic) bond motifs is 1. The van der Waals surface area contributed by atoms with E-state index in [9.17, 15) is 22.8 Å². The van der Waals surface area contributed by atoms with Gasteiger partial charge in [-0.05, 0) is 42.0 Å². The van der Waals surface area contributed by atoms with Crippen molar-refractivity contribution in [1.29, 1.82) is 0 Å². The molecule has 9 nitrogen and oxygen atoms in total. The number of halogens is 3. The number of aliphatic carboxylic acids is 1. The molecule has 4 heterocycles. The molecule has 0 bridgehead atoms. The predicted molar refractivity (Wildman–Crippen MR) is 136 cm³/mol. The Morgan fingerprint density at radius 2 is 1.82 bits per heavy atom. The smallest absolute Gasteiger partial charge is 0.475 e. The highest BCUT2D eigenvalue weighted by Gasteiger charge is 2.38. The Kier molecular flexibility index (Phi) is 8.45. The molecule has 0 saturated carbocycles. The van der Waals surface area contributed by atoms with E-state index in [0.717, 1.165) is 34.6 Å². The minimum absolute atomic E-state index is 0.0309. The van der Waals surface area contributed by atoms with Crippen LogP contribution in [0.3, 0.4) is 0 Å². The fraction of sp³-hybridized carbons (Fsp3) is 0.259. The highest BCUT2D eigenvalue weighted by molar-refractivity contribution is 5.98. The van der Waals surface area contributed by atoms with Gasteiger partial charge in [0.1, 0.15) is 0 Å². The molecular formula is C27H25F3N4O5. The van der Waals surface area contributed by atoms with Gasteiger partial charge in [-0.2, -0.15) is 13.2 Å². The van der Waals surface area contributed by atoms with Gasteiger partial charge in [-0.1, -0.05) is 18.2 Å². The molecule has 2 aliphatic rings. The number of morpholine rings is 1. The van der Waals surface area contributed by atoms with E-state index in [2.05, 4.69) is 15.3 Å². The van der Waals surface area contributed by atoms with Crippen molar-refractivity contribution in [1.82, 2.24) is 20.2 Å². The van der Waals surface area contributed by atoms with Gasteiger partial charge in [0.25, 0.3) is 11.8 Å². The molecule has 39 heavy (non-hydrogen) atoms. The summed E-state index contributed by atoms with van der Waals surface area (Å²) in [6.07, 6.45) is 1.36. The number of alkyl halides is 3. The molecule has 3 aromatic rings. The number of H-pyrrole nitrogens is 1. The van der Waals surface area contributed by atoms with Gasteiger partial charge >= 0.3 is 12.1 Å². The van der Waals surface area contributed by atoms with Crippen LogP contribution in [0.15, 0.2) is 48.7 Å². The van der Waals surface area contributed by atoms with E-state index in [1.54, 1.807) is 6.20 Å². The standard InChI is InChI=1S/C25H24N4O3.C2HF3O2/c30-24-21-16-23(28-22(21)7-9-27-24)18-6-8-26-20(15-18)5-4-17-2-1-3-19(14-17)25(31)29-10-12-32-13-11-29;3-2(4,5)1(6)7/h1-6,8,14-16,28H,7,9-13H2,(H,27,30);(H,6,7). The molecule has 1 fully saturated rings. The van der Waals surface area contributed by atoms with E-state index >= 15 is 0 Å². The molecule has 0 radical (unpaired) electrons. The SMILES string of the molecule is O=C(O)C(F)(F)F.O=C1NCCc2[nH]c(-c3ccnc(C=Cc4cccc(C(=O)N5CCOCC5)c4)c3)cc21. The molecule has 12 heteroatoms. The maximum Gasteiger partial charge on any atom is 0.490 e. The third-order valence-electron chi connectivity index (χ3n) is 6.02. The lowest BCUT2D eigenvalue weighted by atomic mass is 10.1. The number of pyridine rings is 1. The van der Waals surface area contributed by atoms with Crippen LogP contribution in [0.5, 0.6) is 0 Å². The Morgan fingerprint density at radius 1 is 1.08 bits per heavy atom. The summed E-state index contributed by atoms with van der Waals surface area (Å²) in [4.78, 5) is 43.3. The number of carboxylic acid groups (broad SMARTS) is 1. The minimum atomic E-state index is -5.08. The molecule has 0 aliphatic carbocycles. The number of nitrogens with one attached hydrogen (secondary N) is 2. The first-order valence-corrected chi connectivity index (χ1v) is 12.0. The molecule has 2 amide bonds. The van der Waals surface area contributed by atoms with Crippen LogP contribution in [-0.2, 0) is 16.0 Å². The van der Waals surface area contributed by atoms with E-state index in [1.165, 1.54) is 0 Å². The van der Waals surface area contributed by atoms with Gasteiger partial charge in [-0.25, -0.2) is 4.79 Å². The highest BCUT2D eigenvalue weighted by atomic mass is 19.4. The number of rotatable bonds is 4. The van der Waals surface area contributed by atoms with Crippen LogP contribution in [0.1, 0.15) is 37.7 Å². The second-order valence-corrected chi connectivity index (χ2v) is 8.72. The van der Waals surface area contributed by atoms with Crippen LogP contribution in [0.25, 0.3) is 23.4 Å². The number of carboxylic acids is 1. The van der Waals surface area contributed by atoms with Gasteiger partial charge in [0.2, 0.25) is 0 Å². The average molecular weight is 543 g/mol. The first-order chi connectivity index (χ1) is 18.6. The van der Waals surface area contributed by atoms with Crippen LogP contribution in [0.2, 0.25) is 0 Å². The zero-order chi connectivity index (χ0) is 28.0. The molecule has 5 rings (SSSR count). The highest BCUT2D eigenvalue weighted by Crippen LogP contribution is 2.25.